The molecule has 0 radical (unpaired) electrons. The molecule has 0 fully saturated rings. The van der Waals surface area contributed by atoms with Crippen molar-refractivity contribution in [2.24, 2.45) is 0 Å². The third-order valence-corrected chi connectivity index (χ3v) is 8.15. The lowest BCUT2D eigenvalue weighted by atomic mass is 9.67. The Bertz CT molecular complexity index is 1180. The number of phenols is 2. The Balaban J connectivity index is 2.36. The molecule has 3 rings (SSSR count). The number of benzene rings is 2. The first-order valence-corrected chi connectivity index (χ1v) is 14.0. The summed E-state index contributed by atoms with van der Waals surface area (Å²) in [6, 6.07) is 7.66. The Hall–Kier alpha value is -3.26. The predicted molar refractivity (Wildman–Crippen MR) is 148 cm³/mol. The van der Waals surface area contributed by atoms with Crippen molar-refractivity contribution in [3.63, 3.8) is 0 Å². The van der Waals surface area contributed by atoms with Crippen LogP contribution in [-0.2, 0) is 26.8 Å². The Kier molecular flexibility index (Phi) is 9.54. The quantitative estimate of drug-likeness (QED) is 0.194. The summed E-state index contributed by atoms with van der Waals surface area (Å²) in [4.78, 5) is 25.9. The molecule has 1 aliphatic rings. The smallest absolute Gasteiger partial charge is 0.314 e. The van der Waals surface area contributed by atoms with Gasteiger partial charge in [-0.3, -0.25) is 9.59 Å². The molecular formula is C31H42O8. The largest absolute Gasteiger partial charge is 0.504 e. The number of ether oxygens (including phenoxy) is 1. The lowest BCUT2D eigenvalue weighted by Crippen LogP contribution is -2.41. The van der Waals surface area contributed by atoms with Gasteiger partial charge in [-0.05, 0) is 60.6 Å². The van der Waals surface area contributed by atoms with Gasteiger partial charge < -0.3 is 30.3 Å². The number of carbonyl (C=O) groups is 2. The summed E-state index contributed by atoms with van der Waals surface area (Å²) in [6.45, 7) is 7.72. The van der Waals surface area contributed by atoms with E-state index >= 15 is 0 Å². The van der Waals surface area contributed by atoms with E-state index in [9.17, 15) is 35.1 Å². The summed E-state index contributed by atoms with van der Waals surface area (Å²) in [5.41, 5.74) is -0.458. The first-order chi connectivity index (χ1) is 18.5. The van der Waals surface area contributed by atoms with Gasteiger partial charge in [-0.15, -0.1) is 0 Å². The zero-order valence-corrected chi connectivity index (χ0v) is 23.4. The van der Waals surface area contributed by atoms with E-state index in [1.807, 2.05) is 27.7 Å². The lowest BCUT2D eigenvalue weighted by molar-refractivity contribution is -0.145. The molecule has 0 amide bonds. The molecule has 8 nitrogen and oxygen atoms in total. The number of aliphatic carboxylic acids is 2. The van der Waals surface area contributed by atoms with Crippen LogP contribution in [0.4, 0.5) is 0 Å². The number of aliphatic hydroxyl groups is 1. The van der Waals surface area contributed by atoms with Crippen LogP contribution < -0.4 is 4.74 Å². The highest BCUT2D eigenvalue weighted by Gasteiger charge is 2.46. The van der Waals surface area contributed by atoms with Gasteiger partial charge in [-0.25, -0.2) is 0 Å². The van der Waals surface area contributed by atoms with Crippen molar-refractivity contribution in [3.8, 4) is 17.2 Å². The summed E-state index contributed by atoms with van der Waals surface area (Å²) >= 11 is 0. The van der Waals surface area contributed by atoms with Gasteiger partial charge in [-0.2, -0.15) is 0 Å². The first-order valence-electron chi connectivity index (χ1n) is 14.0. The minimum atomic E-state index is -1.26. The molecule has 2 atom stereocenters. The minimum absolute atomic E-state index is 0.0985. The molecule has 0 bridgehead atoms. The fraction of sp³-hybridized carbons (Fsp3) is 0.548. The van der Waals surface area contributed by atoms with Gasteiger partial charge in [-0.1, -0.05) is 65.5 Å². The molecule has 8 heteroatoms. The van der Waals surface area contributed by atoms with Crippen molar-refractivity contribution < 1.29 is 39.9 Å². The Morgan fingerprint density at radius 1 is 0.821 bits per heavy atom. The minimum Gasteiger partial charge on any atom is -0.504 e. The van der Waals surface area contributed by atoms with Crippen molar-refractivity contribution in [2.75, 3.05) is 0 Å². The fourth-order valence-electron chi connectivity index (χ4n) is 6.38. The molecule has 1 heterocycles. The van der Waals surface area contributed by atoms with Gasteiger partial charge in [0, 0.05) is 12.0 Å². The van der Waals surface area contributed by atoms with Crippen LogP contribution in [0.3, 0.4) is 0 Å². The summed E-state index contributed by atoms with van der Waals surface area (Å²) in [5.74, 6) is -2.24. The van der Waals surface area contributed by atoms with Gasteiger partial charge >= 0.3 is 11.9 Å². The van der Waals surface area contributed by atoms with Crippen molar-refractivity contribution in [1.29, 1.82) is 0 Å². The molecule has 1 aliphatic heterocycles. The number of hydrogen-bond acceptors (Lipinski definition) is 6. The van der Waals surface area contributed by atoms with Crippen LogP contribution in [0.2, 0.25) is 0 Å². The van der Waals surface area contributed by atoms with E-state index in [0.29, 0.717) is 79.4 Å². The number of carboxylic acids is 2. The summed E-state index contributed by atoms with van der Waals surface area (Å²) in [6.07, 6.45) is 2.09. The molecule has 2 aromatic rings. The maximum Gasteiger partial charge on any atom is 0.314 e. The van der Waals surface area contributed by atoms with Gasteiger partial charge in [0.25, 0.3) is 0 Å². The zero-order chi connectivity index (χ0) is 29.0. The molecule has 214 valence electrons. The fourth-order valence-corrected chi connectivity index (χ4v) is 6.38. The van der Waals surface area contributed by atoms with Crippen LogP contribution in [0.5, 0.6) is 17.2 Å². The van der Waals surface area contributed by atoms with Gasteiger partial charge in [0.1, 0.15) is 11.9 Å². The number of phenolic OH excluding ortho intramolecular Hbond substituents is 2. The Morgan fingerprint density at radius 2 is 1.36 bits per heavy atom. The van der Waals surface area contributed by atoms with E-state index in [-0.39, 0.29) is 17.9 Å². The molecule has 0 aromatic heterocycles. The number of fused-ring (bicyclic) bond motifs is 1. The standard InChI is InChI=1S/C31H42O8/c1-5-11-30(12-6-2,28(35)36)20-16-22(31(13-7-3,14-8-4)29(37)38)21-18-25(34)27(39-26(21)17-20)19-9-10-23(32)24(33)15-19/h9-10,15-17,25,27,32-34H,5-8,11-14,18H2,1-4H3,(H,35,36)(H,37,38)/t25-,27-/m0/s1. The normalized spacial score (nSPS) is 17.4. The molecule has 5 N–H and O–H groups in total. The Labute approximate surface area is 230 Å². The van der Waals surface area contributed by atoms with Crippen molar-refractivity contribution in [1.82, 2.24) is 0 Å². The molecule has 0 spiro atoms. The molecule has 2 aromatic carbocycles. The second-order valence-corrected chi connectivity index (χ2v) is 10.8. The average Bonchev–Trinajstić information content (AvgIpc) is 2.88. The number of hydrogen-bond donors (Lipinski definition) is 5. The van der Waals surface area contributed by atoms with Gasteiger partial charge in [0.2, 0.25) is 0 Å². The average molecular weight is 543 g/mol. The maximum atomic E-state index is 13.0. The third kappa shape index (κ3) is 5.57. The second-order valence-electron chi connectivity index (χ2n) is 10.8. The zero-order valence-electron chi connectivity index (χ0n) is 23.4. The van der Waals surface area contributed by atoms with Crippen LogP contribution in [0.1, 0.15) is 107 Å². The van der Waals surface area contributed by atoms with Crippen LogP contribution in [0.15, 0.2) is 30.3 Å². The number of aromatic hydroxyl groups is 2. The van der Waals surface area contributed by atoms with E-state index in [0.717, 1.165) is 0 Å². The predicted octanol–water partition coefficient (Wildman–Crippen LogP) is 5.98. The third-order valence-electron chi connectivity index (χ3n) is 8.15. The highest BCUT2D eigenvalue weighted by molar-refractivity contribution is 5.85. The van der Waals surface area contributed by atoms with Crippen molar-refractivity contribution >= 4 is 11.9 Å². The summed E-state index contributed by atoms with van der Waals surface area (Å²) in [5, 5.41) is 52.2. The molecular weight excluding hydrogens is 500 g/mol. The highest BCUT2D eigenvalue weighted by Crippen LogP contribution is 2.48. The number of aliphatic hydroxyl groups excluding tert-OH is 1. The SMILES string of the molecule is CCCC(CCC)(C(=O)O)c1cc2c(c(C(CCC)(CCC)C(=O)O)c1)C[C@H](O)[C@H](c1ccc(O)c(O)c1)O2. The van der Waals surface area contributed by atoms with Crippen LogP contribution in [0.25, 0.3) is 0 Å². The van der Waals surface area contributed by atoms with Crippen LogP contribution >= 0.6 is 0 Å². The van der Waals surface area contributed by atoms with E-state index < -0.39 is 35.0 Å². The lowest BCUT2D eigenvalue weighted by Gasteiger charge is -2.39. The van der Waals surface area contributed by atoms with E-state index in [4.69, 9.17) is 4.74 Å². The molecule has 39 heavy (non-hydrogen) atoms. The second kappa shape index (κ2) is 12.3. The molecule has 0 unspecified atom stereocenters. The topological polar surface area (TPSA) is 145 Å². The van der Waals surface area contributed by atoms with Gasteiger partial charge in [0.05, 0.1) is 16.9 Å². The Morgan fingerprint density at radius 3 is 1.85 bits per heavy atom. The number of rotatable bonds is 13. The monoisotopic (exact) mass is 542 g/mol. The van der Waals surface area contributed by atoms with Crippen molar-refractivity contribution in [2.45, 2.75) is 109 Å². The maximum absolute atomic E-state index is 13.0. The number of carboxylic acid groups (broad SMARTS) is 2. The van der Waals surface area contributed by atoms with Gasteiger partial charge in [0.15, 0.2) is 11.5 Å². The van der Waals surface area contributed by atoms with Crippen LogP contribution in [-0.4, -0.2) is 43.6 Å². The van der Waals surface area contributed by atoms with E-state index in [2.05, 4.69) is 0 Å². The first kappa shape index (κ1) is 30.3. The summed E-state index contributed by atoms with van der Waals surface area (Å²) < 4.78 is 6.34. The molecule has 0 saturated heterocycles. The van der Waals surface area contributed by atoms with Crippen LogP contribution in [0, 0.1) is 0 Å². The van der Waals surface area contributed by atoms with E-state index in [1.54, 1.807) is 18.2 Å². The molecule has 0 saturated carbocycles. The van der Waals surface area contributed by atoms with E-state index in [1.165, 1.54) is 12.1 Å². The summed E-state index contributed by atoms with van der Waals surface area (Å²) in [7, 11) is 0. The van der Waals surface area contributed by atoms with Crippen molar-refractivity contribution in [3.05, 3.63) is 52.6 Å². The highest BCUT2D eigenvalue weighted by atomic mass is 16.5. The molecule has 0 aliphatic carbocycles.